The van der Waals surface area contributed by atoms with Gasteiger partial charge in [0.1, 0.15) is 17.0 Å². The van der Waals surface area contributed by atoms with Gasteiger partial charge in [0.05, 0.1) is 5.41 Å². The molecule has 2 aliphatic rings. The molecule has 0 saturated carbocycles. The minimum Gasteiger partial charge on any atom is -0.456 e. The first kappa shape index (κ1) is 31.8. The summed E-state index contributed by atoms with van der Waals surface area (Å²) in [6, 6.07) is 59.8. The van der Waals surface area contributed by atoms with Crippen molar-refractivity contribution >= 4 is 33.3 Å². The topological polar surface area (TPSA) is 16.4 Å². The third-order valence-electron chi connectivity index (χ3n) is 11.9. The fourth-order valence-electron chi connectivity index (χ4n) is 9.56. The number of halogens is 1. The number of para-hydroxylation sites is 1. The highest BCUT2D eigenvalue weighted by Gasteiger charge is 2.53. The Morgan fingerprint density at radius 2 is 1.11 bits per heavy atom. The third kappa shape index (κ3) is 4.66. The normalized spacial score (nSPS) is 13.2. The van der Waals surface area contributed by atoms with Gasteiger partial charge in [0.2, 0.25) is 0 Å². The first-order valence-corrected chi connectivity index (χ1v) is 19.0. The minimum absolute atomic E-state index is 0.220. The highest BCUT2D eigenvalue weighted by Crippen LogP contribution is 2.64. The van der Waals surface area contributed by atoms with Crippen molar-refractivity contribution in [1.82, 2.24) is 0 Å². The molecule has 0 atom stereocenters. The zero-order chi connectivity index (χ0) is 36.8. The van der Waals surface area contributed by atoms with Crippen LogP contribution >= 0.6 is 0 Å². The molecule has 262 valence electrons. The largest absolute Gasteiger partial charge is 0.456 e. The molecule has 8 aromatic carbocycles. The Morgan fingerprint density at radius 3 is 1.87 bits per heavy atom. The Balaban J connectivity index is 1.15. The van der Waals surface area contributed by atoms with E-state index in [9.17, 15) is 0 Å². The molecule has 0 fully saturated rings. The summed E-state index contributed by atoms with van der Waals surface area (Å²) in [5.41, 5.74) is 18.4. The van der Waals surface area contributed by atoms with Crippen LogP contribution in [0.15, 0.2) is 174 Å². The first-order chi connectivity index (χ1) is 27.0. The predicted molar refractivity (Wildman–Crippen MR) is 224 cm³/mol. The average molecular weight is 710 g/mol. The van der Waals surface area contributed by atoms with E-state index >= 15 is 4.39 Å². The fraction of sp³-hybridized carbons (Fsp3) is 0.0769. The summed E-state index contributed by atoms with van der Waals surface area (Å²) in [4.78, 5) is 2.40. The van der Waals surface area contributed by atoms with Gasteiger partial charge < -0.3 is 9.32 Å². The van der Waals surface area contributed by atoms with Gasteiger partial charge in [-0.3, -0.25) is 0 Å². The zero-order valence-electron chi connectivity index (χ0n) is 30.6. The first-order valence-electron chi connectivity index (χ1n) is 19.0. The molecule has 3 heteroatoms. The Kier molecular flexibility index (Phi) is 6.88. The number of nitrogens with zero attached hydrogens (tertiary/aromatic N) is 1. The molecular formula is C52H36FNO. The smallest absolute Gasteiger partial charge is 0.137 e. The maximum absolute atomic E-state index is 15.6. The van der Waals surface area contributed by atoms with Crippen molar-refractivity contribution in [2.45, 2.75) is 25.8 Å². The van der Waals surface area contributed by atoms with Crippen LogP contribution in [0.4, 0.5) is 15.8 Å². The quantitative estimate of drug-likeness (QED) is 0.177. The number of benzene rings is 8. The maximum atomic E-state index is 15.6. The van der Waals surface area contributed by atoms with Crippen LogP contribution in [0.5, 0.6) is 0 Å². The number of aryl methyl sites for hydroxylation is 2. The van der Waals surface area contributed by atoms with Crippen molar-refractivity contribution in [3.63, 3.8) is 0 Å². The summed E-state index contributed by atoms with van der Waals surface area (Å²) in [6.07, 6.45) is 0. The number of hydrogen-bond donors (Lipinski definition) is 0. The van der Waals surface area contributed by atoms with E-state index in [4.69, 9.17) is 4.42 Å². The van der Waals surface area contributed by atoms with Crippen LogP contribution < -0.4 is 4.90 Å². The van der Waals surface area contributed by atoms with E-state index in [0.29, 0.717) is 6.54 Å². The molecule has 0 bridgehead atoms. The van der Waals surface area contributed by atoms with E-state index in [1.54, 1.807) is 12.1 Å². The summed E-state index contributed by atoms with van der Waals surface area (Å²) in [7, 11) is 0. The Hall–Kier alpha value is -6.71. The molecule has 1 aromatic heterocycles. The van der Waals surface area contributed by atoms with Crippen LogP contribution in [0.25, 0.3) is 55.3 Å². The number of rotatable bonds is 5. The maximum Gasteiger partial charge on any atom is 0.137 e. The number of anilines is 2. The fourth-order valence-corrected chi connectivity index (χ4v) is 9.56. The van der Waals surface area contributed by atoms with Crippen molar-refractivity contribution in [2.24, 2.45) is 0 Å². The molecule has 2 aliphatic carbocycles. The van der Waals surface area contributed by atoms with Crippen LogP contribution in [0, 0.1) is 19.7 Å². The van der Waals surface area contributed by atoms with Crippen molar-refractivity contribution in [3.05, 3.63) is 215 Å². The molecule has 0 radical (unpaired) electrons. The van der Waals surface area contributed by atoms with Gasteiger partial charge in [-0.15, -0.1) is 0 Å². The van der Waals surface area contributed by atoms with E-state index < -0.39 is 5.41 Å². The molecule has 0 amide bonds. The molecular weight excluding hydrogens is 674 g/mol. The average Bonchev–Trinajstić information content (AvgIpc) is 3.83. The van der Waals surface area contributed by atoms with Crippen LogP contribution in [0.3, 0.4) is 0 Å². The van der Waals surface area contributed by atoms with Crippen LogP contribution in [0.2, 0.25) is 0 Å². The second-order valence-corrected chi connectivity index (χ2v) is 15.2. The number of fused-ring (bicyclic) bond motifs is 13. The predicted octanol–water partition coefficient (Wildman–Crippen LogP) is 13.7. The van der Waals surface area contributed by atoms with Gasteiger partial charge in [-0.05, 0) is 118 Å². The lowest BCUT2D eigenvalue weighted by molar-refractivity contribution is 0.622. The van der Waals surface area contributed by atoms with E-state index in [1.807, 2.05) is 18.2 Å². The molecule has 0 saturated heterocycles. The second-order valence-electron chi connectivity index (χ2n) is 15.2. The van der Waals surface area contributed by atoms with E-state index in [0.717, 1.165) is 50.0 Å². The summed E-state index contributed by atoms with van der Waals surface area (Å²) in [5.74, 6) is -0.220. The summed E-state index contributed by atoms with van der Waals surface area (Å²) in [6.45, 7) is 4.90. The number of furan rings is 1. The second kappa shape index (κ2) is 11.9. The third-order valence-corrected chi connectivity index (χ3v) is 11.9. The summed E-state index contributed by atoms with van der Waals surface area (Å²) in [5, 5.41) is 2.21. The SMILES string of the molecule is Cc1ccc2c(c1)C1(c3cc(C)ccc3-2)c2cc(F)ccc2-c2cccc(CN(c3ccc(-c4ccccc4)cc3)c3ccc4c(c3)oc3ccccc34)c21. The Bertz CT molecular complexity index is 2920. The van der Waals surface area contributed by atoms with Crippen molar-refractivity contribution in [3.8, 4) is 33.4 Å². The van der Waals surface area contributed by atoms with Crippen molar-refractivity contribution < 1.29 is 8.81 Å². The molecule has 11 rings (SSSR count). The molecule has 0 unspecified atom stereocenters. The molecule has 0 N–H and O–H groups in total. The van der Waals surface area contributed by atoms with Crippen molar-refractivity contribution in [1.29, 1.82) is 0 Å². The van der Waals surface area contributed by atoms with Gasteiger partial charge in [-0.1, -0.05) is 132 Å². The summed E-state index contributed by atoms with van der Waals surface area (Å²) < 4.78 is 22.1. The standard InChI is InChI=1S/C52H36FNO/c1-32-15-23-40-41-24-16-33(2)28-47(41)52(46(40)27-32)48-29-37(53)19-25-42(48)45-13-8-11-36(51(45)52)31-54(38-20-17-35(18-21-38)34-9-4-3-5-10-34)39-22-26-44-43-12-6-7-14-49(43)55-50(44)30-39/h3-30H,31H2,1-2H3. The van der Waals surface area contributed by atoms with Gasteiger partial charge >= 0.3 is 0 Å². The van der Waals surface area contributed by atoms with Crippen LogP contribution in [-0.2, 0) is 12.0 Å². The molecule has 2 nitrogen and oxygen atoms in total. The lowest BCUT2D eigenvalue weighted by Gasteiger charge is -2.34. The van der Waals surface area contributed by atoms with Gasteiger partial charge in [0, 0.05) is 34.8 Å². The molecule has 9 aromatic rings. The highest BCUT2D eigenvalue weighted by atomic mass is 19.1. The van der Waals surface area contributed by atoms with Gasteiger partial charge in [-0.2, -0.15) is 0 Å². The Labute approximate surface area is 319 Å². The molecule has 1 heterocycles. The highest BCUT2D eigenvalue weighted by molar-refractivity contribution is 6.06. The van der Waals surface area contributed by atoms with Gasteiger partial charge in [0.15, 0.2) is 0 Å². The van der Waals surface area contributed by atoms with E-state index in [-0.39, 0.29) is 5.82 Å². The van der Waals surface area contributed by atoms with Gasteiger partial charge in [0.25, 0.3) is 0 Å². The Morgan fingerprint density at radius 1 is 0.491 bits per heavy atom. The van der Waals surface area contributed by atoms with Crippen LogP contribution in [0.1, 0.15) is 38.9 Å². The molecule has 55 heavy (non-hydrogen) atoms. The minimum atomic E-state index is -0.683. The van der Waals surface area contributed by atoms with Gasteiger partial charge in [-0.25, -0.2) is 4.39 Å². The lowest BCUT2D eigenvalue weighted by atomic mass is 9.69. The summed E-state index contributed by atoms with van der Waals surface area (Å²) >= 11 is 0. The van der Waals surface area contributed by atoms with Crippen LogP contribution in [-0.4, -0.2) is 0 Å². The molecule has 0 aliphatic heterocycles. The van der Waals surface area contributed by atoms with E-state index in [2.05, 4.69) is 158 Å². The molecule has 1 spiro atoms. The van der Waals surface area contributed by atoms with E-state index in [1.165, 1.54) is 55.6 Å². The zero-order valence-corrected chi connectivity index (χ0v) is 30.6. The lowest BCUT2D eigenvalue weighted by Crippen LogP contribution is -2.29. The number of hydrogen-bond acceptors (Lipinski definition) is 2. The monoisotopic (exact) mass is 709 g/mol. The van der Waals surface area contributed by atoms with Crippen molar-refractivity contribution in [2.75, 3.05) is 4.90 Å².